The molecule has 2 heterocycles. The highest BCUT2D eigenvalue weighted by Crippen LogP contribution is 2.50. The fraction of sp³-hybridized carbons (Fsp3) is 0.0517. The number of oxazole rings is 1. The first-order chi connectivity index (χ1) is 30.0. The Balaban J connectivity index is 0.891. The number of aromatic nitrogens is 2. The minimum Gasteiger partial charge on any atom is -0.436 e. The summed E-state index contributed by atoms with van der Waals surface area (Å²) >= 11 is 0. The van der Waals surface area contributed by atoms with Crippen LogP contribution in [0.15, 0.2) is 211 Å². The number of para-hydroxylation sites is 3. The van der Waals surface area contributed by atoms with Crippen LogP contribution < -0.4 is 0 Å². The SMILES string of the molecule is CC1(C)c2ccccc2-c2ccc(-c3ccc4c(c3)c3ccccc3n4-c3ccc(-c4ccccc4-c4ccccc4-c4ccc(-c5nc6ccccc6o5)cc4)cc3)cc21. The molecule has 0 N–H and O–H groups in total. The van der Waals surface area contributed by atoms with E-state index in [4.69, 9.17) is 9.40 Å². The van der Waals surface area contributed by atoms with Crippen molar-refractivity contribution in [3.63, 3.8) is 0 Å². The van der Waals surface area contributed by atoms with E-state index in [1.54, 1.807) is 0 Å². The Kier molecular flexibility index (Phi) is 7.88. The van der Waals surface area contributed by atoms with Gasteiger partial charge in [0.15, 0.2) is 5.58 Å². The maximum atomic E-state index is 6.07. The average molecular weight is 781 g/mol. The number of nitrogens with zero attached hydrogens (tertiary/aromatic N) is 2. The first kappa shape index (κ1) is 35.2. The second kappa shape index (κ2) is 13.7. The lowest BCUT2D eigenvalue weighted by Gasteiger charge is -2.22. The lowest BCUT2D eigenvalue weighted by atomic mass is 9.81. The first-order valence-corrected chi connectivity index (χ1v) is 21.0. The van der Waals surface area contributed by atoms with Gasteiger partial charge in [-0.05, 0) is 127 Å². The van der Waals surface area contributed by atoms with Crippen molar-refractivity contribution < 1.29 is 4.42 Å². The zero-order valence-corrected chi connectivity index (χ0v) is 33.9. The summed E-state index contributed by atoms with van der Waals surface area (Å²) in [5.41, 5.74) is 21.1. The highest BCUT2D eigenvalue weighted by molar-refractivity contribution is 6.10. The molecule has 1 aliphatic carbocycles. The van der Waals surface area contributed by atoms with Crippen LogP contribution in [0.25, 0.3) is 106 Å². The summed E-state index contributed by atoms with van der Waals surface area (Å²) in [4.78, 5) is 4.71. The van der Waals surface area contributed by atoms with Gasteiger partial charge >= 0.3 is 0 Å². The van der Waals surface area contributed by atoms with Crippen LogP contribution in [0.3, 0.4) is 0 Å². The maximum Gasteiger partial charge on any atom is 0.227 e. The third-order valence-corrected chi connectivity index (χ3v) is 12.9. The molecule has 0 amide bonds. The van der Waals surface area contributed by atoms with E-state index in [1.165, 1.54) is 83.0 Å². The molecule has 0 atom stereocenters. The summed E-state index contributed by atoms with van der Waals surface area (Å²) in [5, 5.41) is 2.50. The highest BCUT2D eigenvalue weighted by Gasteiger charge is 2.35. The summed E-state index contributed by atoms with van der Waals surface area (Å²) in [7, 11) is 0. The van der Waals surface area contributed by atoms with Gasteiger partial charge in [0.05, 0.1) is 11.0 Å². The van der Waals surface area contributed by atoms with Crippen molar-refractivity contribution in [1.29, 1.82) is 0 Å². The van der Waals surface area contributed by atoms with Crippen LogP contribution >= 0.6 is 0 Å². The van der Waals surface area contributed by atoms with Gasteiger partial charge in [-0.15, -0.1) is 0 Å². The third kappa shape index (κ3) is 5.62. The van der Waals surface area contributed by atoms with Crippen LogP contribution in [0.1, 0.15) is 25.0 Å². The molecule has 0 bridgehead atoms. The van der Waals surface area contributed by atoms with E-state index in [2.05, 4.69) is 200 Å². The van der Waals surface area contributed by atoms with E-state index in [-0.39, 0.29) is 5.41 Å². The molecule has 0 fully saturated rings. The Morgan fingerprint density at radius 1 is 0.393 bits per heavy atom. The van der Waals surface area contributed by atoms with Gasteiger partial charge in [0.2, 0.25) is 5.89 Å². The number of fused-ring (bicyclic) bond motifs is 7. The molecular weight excluding hydrogens is 741 g/mol. The second-order valence-corrected chi connectivity index (χ2v) is 16.7. The number of hydrogen-bond donors (Lipinski definition) is 0. The van der Waals surface area contributed by atoms with Crippen molar-refractivity contribution in [3.8, 4) is 72.8 Å². The van der Waals surface area contributed by atoms with Crippen molar-refractivity contribution in [3.05, 3.63) is 217 Å². The Morgan fingerprint density at radius 3 is 1.66 bits per heavy atom. The van der Waals surface area contributed by atoms with Crippen LogP contribution in [-0.2, 0) is 5.41 Å². The first-order valence-electron chi connectivity index (χ1n) is 21.0. The Labute approximate surface area is 354 Å². The minimum absolute atomic E-state index is 0.0415. The molecule has 0 spiro atoms. The van der Waals surface area contributed by atoms with Crippen molar-refractivity contribution in [2.45, 2.75) is 19.3 Å². The molecular formula is C58H40N2O. The maximum absolute atomic E-state index is 6.07. The summed E-state index contributed by atoms with van der Waals surface area (Å²) in [6.07, 6.45) is 0. The molecule has 0 unspecified atom stereocenters. The predicted octanol–water partition coefficient (Wildman–Crippen LogP) is 15.6. The molecule has 2 aromatic heterocycles. The molecule has 0 saturated carbocycles. The van der Waals surface area contributed by atoms with Crippen molar-refractivity contribution >= 4 is 32.9 Å². The molecule has 1 aliphatic rings. The summed E-state index contributed by atoms with van der Waals surface area (Å²) in [6.45, 7) is 4.70. The van der Waals surface area contributed by atoms with Gasteiger partial charge in [0.1, 0.15) is 5.52 Å². The van der Waals surface area contributed by atoms with Crippen molar-refractivity contribution in [1.82, 2.24) is 9.55 Å². The molecule has 0 radical (unpaired) electrons. The fourth-order valence-electron chi connectivity index (χ4n) is 9.83. The molecule has 0 saturated heterocycles. The van der Waals surface area contributed by atoms with Gasteiger partial charge in [0.25, 0.3) is 0 Å². The second-order valence-electron chi connectivity index (χ2n) is 16.7. The van der Waals surface area contributed by atoms with Crippen molar-refractivity contribution in [2.24, 2.45) is 0 Å². The lowest BCUT2D eigenvalue weighted by molar-refractivity contribution is 0.620. The molecule has 3 heteroatoms. The highest BCUT2D eigenvalue weighted by atomic mass is 16.3. The quantitative estimate of drug-likeness (QED) is 0.168. The smallest absolute Gasteiger partial charge is 0.227 e. The molecule has 61 heavy (non-hydrogen) atoms. The van der Waals surface area contributed by atoms with E-state index in [0.717, 1.165) is 27.9 Å². The minimum atomic E-state index is -0.0415. The van der Waals surface area contributed by atoms with Gasteiger partial charge in [-0.25, -0.2) is 4.98 Å². The van der Waals surface area contributed by atoms with Crippen LogP contribution in [0.5, 0.6) is 0 Å². The van der Waals surface area contributed by atoms with E-state index in [0.29, 0.717) is 5.89 Å². The van der Waals surface area contributed by atoms with Crippen LogP contribution in [0, 0.1) is 0 Å². The van der Waals surface area contributed by atoms with E-state index < -0.39 is 0 Å². The molecule has 11 aromatic rings. The normalized spacial score (nSPS) is 12.9. The summed E-state index contributed by atoms with van der Waals surface area (Å²) < 4.78 is 8.48. The zero-order valence-electron chi connectivity index (χ0n) is 33.9. The number of rotatable bonds is 6. The van der Waals surface area contributed by atoms with Gasteiger partial charge < -0.3 is 8.98 Å². The lowest BCUT2D eigenvalue weighted by Crippen LogP contribution is -2.14. The topological polar surface area (TPSA) is 31.0 Å². The summed E-state index contributed by atoms with van der Waals surface area (Å²) in [5.74, 6) is 0.631. The van der Waals surface area contributed by atoms with Crippen molar-refractivity contribution in [2.75, 3.05) is 0 Å². The van der Waals surface area contributed by atoms with E-state index in [1.807, 2.05) is 24.3 Å². The third-order valence-electron chi connectivity index (χ3n) is 12.9. The van der Waals surface area contributed by atoms with E-state index in [9.17, 15) is 0 Å². The van der Waals surface area contributed by atoms with Gasteiger partial charge in [-0.3, -0.25) is 0 Å². The molecule has 12 rings (SSSR count). The largest absolute Gasteiger partial charge is 0.436 e. The monoisotopic (exact) mass is 780 g/mol. The number of hydrogen-bond acceptors (Lipinski definition) is 2. The van der Waals surface area contributed by atoms with E-state index >= 15 is 0 Å². The standard InChI is InChI=1S/C58H40N2O/c1-58(2)51-19-9-7-17-47(51)48-33-29-41(36-52(48)58)40-30-34-55-50(35-40)49-18-8-11-21-54(49)60(55)42-31-27-38(28-32-42)44-14-4-6-16-46(44)45-15-5-3-13-43(45)37-23-25-39(26-24-37)57-59-53-20-10-12-22-56(53)61-57/h3-36H,1-2H3. The number of benzene rings is 9. The molecule has 0 aliphatic heterocycles. The molecule has 288 valence electrons. The Morgan fingerprint density at radius 2 is 0.918 bits per heavy atom. The molecule has 9 aromatic carbocycles. The molecule has 3 nitrogen and oxygen atoms in total. The fourth-order valence-corrected chi connectivity index (χ4v) is 9.83. The van der Waals surface area contributed by atoms with Crippen LogP contribution in [0.2, 0.25) is 0 Å². The average Bonchev–Trinajstić information content (AvgIpc) is 3.97. The summed E-state index contributed by atoms with van der Waals surface area (Å²) in [6, 6.07) is 74.6. The van der Waals surface area contributed by atoms with Crippen LogP contribution in [0.4, 0.5) is 0 Å². The Bertz CT molecular complexity index is 3460. The predicted molar refractivity (Wildman–Crippen MR) is 253 cm³/mol. The van der Waals surface area contributed by atoms with Gasteiger partial charge in [-0.2, -0.15) is 0 Å². The van der Waals surface area contributed by atoms with Crippen LogP contribution in [-0.4, -0.2) is 9.55 Å². The Hall–Kier alpha value is -7.75. The zero-order chi connectivity index (χ0) is 40.7. The van der Waals surface area contributed by atoms with Gasteiger partial charge in [-0.1, -0.05) is 159 Å². The van der Waals surface area contributed by atoms with Gasteiger partial charge in [0, 0.05) is 27.4 Å².